The van der Waals surface area contributed by atoms with Gasteiger partial charge in [-0.3, -0.25) is 0 Å². The maximum absolute atomic E-state index is 5.58. The standard InChI is InChI=1S/C13H18OS/c1-11(2)12-6-5-7-13(10-12)14-8-3-4-9-15/h3-7,10-11,15H,8-9H2,1-2H3. The van der Waals surface area contributed by atoms with Crippen LogP contribution < -0.4 is 4.74 Å². The van der Waals surface area contributed by atoms with Crippen LogP contribution in [-0.4, -0.2) is 12.4 Å². The summed E-state index contributed by atoms with van der Waals surface area (Å²) in [5.41, 5.74) is 1.31. The molecule has 0 heterocycles. The lowest BCUT2D eigenvalue weighted by Gasteiger charge is -2.08. The molecule has 15 heavy (non-hydrogen) atoms. The second-order valence-corrected chi connectivity index (χ2v) is 4.06. The van der Waals surface area contributed by atoms with Gasteiger partial charge in [0.15, 0.2) is 0 Å². The highest BCUT2D eigenvalue weighted by molar-refractivity contribution is 7.80. The Labute approximate surface area is 97.6 Å². The molecule has 0 aliphatic heterocycles. The molecule has 0 aliphatic carbocycles. The lowest BCUT2D eigenvalue weighted by molar-refractivity contribution is 0.362. The molecular formula is C13H18OS. The Balaban J connectivity index is 2.54. The molecule has 0 aromatic heterocycles. The maximum atomic E-state index is 5.58. The van der Waals surface area contributed by atoms with Crippen LogP contribution in [0.2, 0.25) is 0 Å². The van der Waals surface area contributed by atoms with Crippen LogP contribution in [0.3, 0.4) is 0 Å². The van der Waals surface area contributed by atoms with E-state index in [2.05, 4.69) is 38.6 Å². The number of hydrogen-bond acceptors (Lipinski definition) is 2. The summed E-state index contributed by atoms with van der Waals surface area (Å²) < 4.78 is 5.58. The van der Waals surface area contributed by atoms with E-state index in [1.807, 2.05) is 24.3 Å². The highest BCUT2D eigenvalue weighted by atomic mass is 32.1. The van der Waals surface area contributed by atoms with Gasteiger partial charge in [-0.15, -0.1) is 0 Å². The Hall–Kier alpha value is -0.890. The third kappa shape index (κ3) is 4.43. The predicted octanol–water partition coefficient (Wildman–Crippen LogP) is 3.67. The third-order valence-corrected chi connectivity index (χ3v) is 2.35. The number of benzene rings is 1. The van der Waals surface area contributed by atoms with Gasteiger partial charge in [0.2, 0.25) is 0 Å². The Morgan fingerprint density at radius 1 is 1.33 bits per heavy atom. The zero-order valence-electron chi connectivity index (χ0n) is 9.31. The number of ether oxygens (including phenoxy) is 1. The van der Waals surface area contributed by atoms with Gasteiger partial charge in [0.1, 0.15) is 12.4 Å². The predicted molar refractivity (Wildman–Crippen MR) is 69.0 cm³/mol. The van der Waals surface area contributed by atoms with E-state index in [1.165, 1.54) is 5.56 Å². The first-order valence-corrected chi connectivity index (χ1v) is 5.86. The van der Waals surface area contributed by atoms with Gasteiger partial charge in [-0.1, -0.05) is 38.1 Å². The summed E-state index contributed by atoms with van der Waals surface area (Å²) in [5.74, 6) is 2.24. The van der Waals surface area contributed by atoms with Gasteiger partial charge in [0.05, 0.1) is 0 Å². The molecule has 1 aromatic rings. The normalized spacial score (nSPS) is 11.2. The molecule has 0 saturated carbocycles. The van der Waals surface area contributed by atoms with Gasteiger partial charge in [0.25, 0.3) is 0 Å². The molecule has 0 bridgehead atoms. The van der Waals surface area contributed by atoms with Crippen LogP contribution in [-0.2, 0) is 0 Å². The van der Waals surface area contributed by atoms with Crippen molar-refractivity contribution in [1.29, 1.82) is 0 Å². The topological polar surface area (TPSA) is 9.23 Å². The molecule has 0 N–H and O–H groups in total. The van der Waals surface area contributed by atoms with E-state index in [1.54, 1.807) is 0 Å². The van der Waals surface area contributed by atoms with Crippen LogP contribution in [0.15, 0.2) is 36.4 Å². The highest BCUT2D eigenvalue weighted by Crippen LogP contribution is 2.19. The highest BCUT2D eigenvalue weighted by Gasteiger charge is 1.99. The van der Waals surface area contributed by atoms with Crippen molar-refractivity contribution in [3.8, 4) is 5.75 Å². The summed E-state index contributed by atoms with van der Waals surface area (Å²) in [4.78, 5) is 0. The summed E-state index contributed by atoms with van der Waals surface area (Å²) in [6, 6.07) is 8.24. The molecule has 0 unspecified atom stereocenters. The fourth-order valence-electron chi connectivity index (χ4n) is 1.25. The van der Waals surface area contributed by atoms with Crippen molar-refractivity contribution < 1.29 is 4.74 Å². The van der Waals surface area contributed by atoms with Crippen LogP contribution in [0.25, 0.3) is 0 Å². The average Bonchev–Trinajstić information content (AvgIpc) is 2.25. The Morgan fingerprint density at radius 2 is 2.13 bits per heavy atom. The minimum Gasteiger partial charge on any atom is -0.490 e. The Kier molecular flexibility index (Phi) is 5.33. The largest absolute Gasteiger partial charge is 0.490 e. The van der Waals surface area contributed by atoms with E-state index in [-0.39, 0.29) is 0 Å². The minimum atomic E-state index is 0.543. The van der Waals surface area contributed by atoms with Crippen molar-refractivity contribution in [2.75, 3.05) is 12.4 Å². The van der Waals surface area contributed by atoms with Gasteiger partial charge < -0.3 is 4.74 Å². The monoisotopic (exact) mass is 222 g/mol. The Morgan fingerprint density at radius 3 is 2.80 bits per heavy atom. The van der Waals surface area contributed by atoms with Gasteiger partial charge in [-0.05, 0) is 23.6 Å². The molecule has 0 amide bonds. The molecule has 0 atom stereocenters. The minimum absolute atomic E-state index is 0.543. The van der Waals surface area contributed by atoms with E-state index in [4.69, 9.17) is 4.74 Å². The first-order chi connectivity index (χ1) is 7.24. The summed E-state index contributed by atoms with van der Waals surface area (Å²) in [5, 5.41) is 0. The van der Waals surface area contributed by atoms with Crippen molar-refractivity contribution in [1.82, 2.24) is 0 Å². The van der Waals surface area contributed by atoms with Gasteiger partial charge in [-0.25, -0.2) is 0 Å². The number of thiol groups is 1. The van der Waals surface area contributed by atoms with Crippen molar-refractivity contribution in [3.05, 3.63) is 42.0 Å². The zero-order valence-corrected chi connectivity index (χ0v) is 10.2. The van der Waals surface area contributed by atoms with E-state index in [0.717, 1.165) is 11.5 Å². The fraction of sp³-hybridized carbons (Fsp3) is 0.385. The first kappa shape index (κ1) is 12.2. The second-order valence-electron chi connectivity index (χ2n) is 3.69. The molecule has 0 spiro atoms. The molecule has 0 saturated heterocycles. The van der Waals surface area contributed by atoms with Crippen LogP contribution in [0.4, 0.5) is 0 Å². The number of rotatable bonds is 5. The smallest absolute Gasteiger partial charge is 0.120 e. The number of hydrogen-bond donors (Lipinski definition) is 1. The summed E-state index contributed by atoms with van der Waals surface area (Å²) >= 11 is 4.08. The zero-order chi connectivity index (χ0) is 11.1. The van der Waals surface area contributed by atoms with Crippen LogP contribution in [0.5, 0.6) is 5.75 Å². The molecule has 82 valence electrons. The van der Waals surface area contributed by atoms with E-state index < -0.39 is 0 Å². The van der Waals surface area contributed by atoms with Gasteiger partial charge in [0, 0.05) is 5.75 Å². The van der Waals surface area contributed by atoms with Gasteiger partial charge in [-0.2, -0.15) is 12.6 Å². The van der Waals surface area contributed by atoms with E-state index in [9.17, 15) is 0 Å². The molecule has 0 fully saturated rings. The van der Waals surface area contributed by atoms with E-state index >= 15 is 0 Å². The summed E-state index contributed by atoms with van der Waals surface area (Å²) in [7, 11) is 0. The molecule has 1 rings (SSSR count). The molecule has 0 aliphatic rings. The molecule has 1 nitrogen and oxygen atoms in total. The molecule has 2 heteroatoms. The van der Waals surface area contributed by atoms with E-state index in [0.29, 0.717) is 12.5 Å². The summed E-state index contributed by atoms with van der Waals surface area (Å²) in [6.45, 7) is 4.97. The van der Waals surface area contributed by atoms with Crippen molar-refractivity contribution in [2.24, 2.45) is 0 Å². The Bertz CT molecular complexity index is 318. The van der Waals surface area contributed by atoms with Crippen LogP contribution >= 0.6 is 12.6 Å². The average molecular weight is 222 g/mol. The first-order valence-electron chi connectivity index (χ1n) is 5.22. The quantitative estimate of drug-likeness (QED) is 0.590. The van der Waals surface area contributed by atoms with Crippen molar-refractivity contribution in [2.45, 2.75) is 19.8 Å². The lowest BCUT2D eigenvalue weighted by Crippen LogP contribution is -1.95. The van der Waals surface area contributed by atoms with Crippen molar-refractivity contribution in [3.63, 3.8) is 0 Å². The molecule has 1 aromatic carbocycles. The van der Waals surface area contributed by atoms with Gasteiger partial charge >= 0.3 is 0 Å². The van der Waals surface area contributed by atoms with Crippen LogP contribution in [0.1, 0.15) is 25.3 Å². The maximum Gasteiger partial charge on any atom is 0.120 e. The van der Waals surface area contributed by atoms with Crippen LogP contribution in [0, 0.1) is 0 Å². The lowest BCUT2D eigenvalue weighted by atomic mass is 10.0. The fourth-order valence-corrected chi connectivity index (χ4v) is 1.40. The summed E-state index contributed by atoms with van der Waals surface area (Å²) in [6.07, 6.45) is 3.96. The van der Waals surface area contributed by atoms with Crippen molar-refractivity contribution >= 4 is 12.6 Å². The molecular weight excluding hydrogens is 204 g/mol. The third-order valence-electron chi connectivity index (χ3n) is 2.14. The SMILES string of the molecule is CC(C)c1cccc(OCC=CCS)c1. The molecule has 0 radical (unpaired) electrons. The second kappa shape index (κ2) is 6.57.